The smallest absolute Gasteiger partial charge is 0.289 e. The highest BCUT2D eigenvalue weighted by Gasteiger charge is 2.26. The van der Waals surface area contributed by atoms with Crippen molar-refractivity contribution < 1.29 is 4.79 Å². The second kappa shape index (κ2) is 7.45. The Morgan fingerprint density at radius 2 is 2.15 bits per heavy atom. The molecule has 1 aliphatic rings. The van der Waals surface area contributed by atoms with Crippen LogP contribution in [0.1, 0.15) is 38.3 Å². The lowest BCUT2D eigenvalue weighted by molar-refractivity contribution is 0.0744. The Morgan fingerprint density at radius 1 is 1.42 bits per heavy atom. The molecule has 0 spiro atoms. The summed E-state index contributed by atoms with van der Waals surface area (Å²) in [7, 11) is 1.79. The monoisotopic (exact) mass is 377 g/mol. The number of carbonyl (C=O) groups excluding carboxylic acids is 1. The molecule has 1 N–H and O–H groups in total. The molecular weight excluding hydrogens is 350 g/mol. The number of piperazine rings is 1. The van der Waals surface area contributed by atoms with Crippen LogP contribution in [0.3, 0.4) is 0 Å². The molecule has 2 aromatic rings. The fraction of sp³-hybridized carbons (Fsp3) is 0.579. The predicted molar refractivity (Wildman–Crippen MR) is 107 cm³/mol. The second-order valence-electron chi connectivity index (χ2n) is 7.35. The number of carbonyl (C=O) groups is 1. The number of fused-ring (bicyclic) bond motifs is 1. The maximum Gasteiger partial charge on any atom is 0.289 e. The molecule has 1 atom stereocenters. The van der Waals surface area contributed by atoms with E-state index >= 15 is 0 Å². The zero-order valence-electron chi connectivity index (χ0n) is 16.2. The fourth-order valence-electron chi connectivity index (χ4n) is 3.42. The first-order valence-electron chi connectivity index (χ1n) is 9.27. The van der Waals surface area contributed by atoms with Gasteiger partial charge in [0.1, 0.15) is 0 Å². The van der Waals surface area contributed by atoms with Crippen molar-refractivity contribution in [3.05, 3.63) is 23.0 Å². The minimum absolute atomic E-state index is 0.112. The van der Waals surface area contributed by atoms with Crippen molar-refractivity contribution in [3.8, 4) is 0 Å². The number of benzene rings is 1. The van der Waals surface area contributed by atoms with Crippen LogP contribution in [0.25, 0.3) is 11.0 Å². The Balaban J connectivity index is 1.92. The third kappa shape index (κ3) is 3.53. The largest absolute Gasteiger partial charge is 0.365 e. The molecule has 1 unspecified atom stereocenters. The quantitative estimate of drug-likeness (QED) is 0.888. The van der Waals surface area contributed by atoms with Crippen LogP contribution in [0.5, 0.6) is 0 Å². The molecule has 1 aliphatic heterocycles. The summed E-state index contributed by atoms with van der Waals surface area (Å²) >= 11 is 6.58. The van der Waals surface area contributed by atoms with Crippen LogP contribution in [-0.2, 0) is 0 Å². The number of rotatable bonds is 4. The number of anilines is 1. The molecule has 6 nitrogen and oxygen atoms in total. The third-order valence-corrected chi connectivity index (χ3v) is 5.62. The highest BCUT2D eigenvalue weighted by atomic mass is 35.5. The lowest BCUT2D eigenvalue weighted by Gasteiger charge is -2.41. The number of aromatic amines is 1. The molecule has 0 aliphatic carbocycles. The van der Waals surface area contributed by atoms with Crippen LogP contribution in [0.2, 0.25) is 5.02 Å². The lowest BCUT2D eigenvalue weighted by Crippen LogP contribution is -2.51. The zero-order valence-corrected chi connectivity index (χ0v) is 17.0. The summed E-state index contributed by atoms with van der Waals surface area (Å²) in [6, 6.07) is 4.37. The molecule has 1 aromatic carbocycles. The van der Waals surface area contributed by atoms with E-state index in [1.807, 2.05) is 26.0 Å². The van der Waals surface area contributed by atoms with Crippen molar-refractivity contribution >= 4 is 34.2 Å². The summed E-state index contributed by atoms with van der Waals surface area (Å²) in [5, 5.41) is 0.689. The molecule has 142 valence electrons. The van der Waals surface area contributed by atoms with Crippen LogP contribution < -0.4 is 4.90 Å². The molecule has 2 heterocycles. The highest BCUT2D eigenvalue weighted by Crippen LogP contribution is 2.32. The number of halogens is 1. The molecule has 1 fully saturated rings. The van der Waals surface area contributed by atoms with Crippen LogP contribution in [0.4, 0.5) is 5.69 Å². The van der Waals surface area contributed by atoms with Gasteiger partial charge in [-0.15, -0.1) is 0 Å². The van der Waals surface area contributed by atoms with Crippen molar-refractivity contribution in [1.29, 1.82) is 0 Å². The van der Waals surface area contributed by atoms with Gasteiger partial charge < -0.3 is 14.8 Å². The topological polar surface area (TPSA) is 55.5 Å². The number of hydrogen-bond acceptors (Lipinski definition) is 4. The van der Waals surface area contributed by atoms with Gasteiger partial charge in [-0.3, -0.25) is 9.69 Å². The number of imidazole rings is 1. The molecule has 1 saturated heterocycles. The Morgan fingerprint density at radius 3 is 2.77 bits per heavy atom. The van der Waals surface area contributed by atoms with E-state index in [1.165, 1.54) is 0 Å². The Bertz CT molecular complexity index is 803. The third-order valence-electron chi connectivity index (χ3n) is 5.32. The number of H-pyrrole nitrogens is 1. The van der Waals surface area contributed by atoms with Gasteiger partial charge in [0.15, 0.2) is 5.82 Å². The maximum atomic E-state index is 12.5. The molecule has 3 rings (SSSR count). The summed E-state index contributed by atoms with van der Waals surface area (Å²) in [6.07, 6.45) is 0. The molecular formula is C19H28ClN5O. The van der Waals surface area contributed by atoms with Gasteiger partial charge in [-0.05, 0) is 39.4 Å². The number of nitrogens with zero attached hydrogens (tertiary/aromatic N) is 4. The second-order valence-corrected chi connectivity index (χ2v) is 7.76. The van der Waals surface area contributed by atoms with Crippen LogP contribution in [0.15, 0.2) is 12.1 Å². The lowest BCUT2D eigenvalue weighted by atomic mass is 10.1. The van der Waals surface area contributed by atoms with Crippen LogP contribution >= 0.6 is 11.6 Å². The molecule has 0 radical (unpaired) electrons. The fourth-order valence-corrected chi connectivity index (χ4v) is 3.69. The van der Waals surface area contributed by atoms with E-state index in [2.05, 4.69) is 33.6 Å². The summed E-state index contributed by atoms with van der Waals surface area (Å²) in [6.45, 7) is 12.4. The first-order valence-corrected chi connectivity index (χ1v) is 9.65. The molecule has 26 heavy (non-hydrogen) atoms. The first kappa shape index (κ1) is 19.0. The number of hydrogen-bond donors (Lipinski definition) is 1. The van der Waals surface area contributed by atoms with Crippen molar-refractivity contribution in [2.75, 3.05) is 38.1 Å². The van der Waals surface area contributed by atoms with Crippen molar-refractivity contribution in [3.63, 3.8) is 0 Å². The Kier molecular flexibility index (Phi) is 5.44. The van der Waals surface area contributed by atoms with E-state index in [1.54, 1.807) is 11.9 Å². The van der Waals surface area contributed by atoms with E-state index in [4.69, 9.17) is 11.6 Å². The number of nitrogens with one attached hydrogen (secondary N) is 1. The van der Waals surface area contributed by atoms with Crippen molar-refractivity contribution in [2.24, 2.45) is 0 Å². The average Bonchev–Trinajstić information content (AvgIpc) is 3.02. The van der Waals surface area contributed by atoms with E-state index in [0.717, 1.165) is 42.9 Å². The van der Waals surface area contributed by atoms with Gasteiger partial charge in [0.2, 0.25) is 0 Å². The van der Waals surface area contributed by atoms with E-state index in [-0.39, 0.29) is 11.9 Å². The van der Waals surface area contributed by atoms with Gasteiger partial charge in [-0.1, -0.05) is 18.5 Å². The molecule has 7 heteroatoms. The highest BCUT2D eigenvalue weighted by molar-refractivity contribution is 6.34. The standard InChI is InChI=1S/C19H28ClN5O/c1-6-24-7-8-25(13(4)11-24)17-10-16-15(9-14(17)20)21-18(22-16)19(26)23(5)12(2)3/h9-10,12-13H,6-8,11H2,1-5H3,(H,21,22). The predicted octanol–water partition coefficient (Wildman–Crippen LogP) is 3.23. The Hall–Kier alpha value is -1.79. The normalized spacial score (nSPS) is 18.7. The van der Waals surface area contributed by atoms with Crippen molar-refractivity contribution in [1.82, 2.24) is 19.8 Å². The zero-order chi connectivity index (χ0) is 19.0. The summed E-state index contributed by atoms with van der Waals surface area (Å²) in [5.41, 5.74) is 2.55. The average molecular weight is 378 g/mol. The summed E-state index contributed by atoms with van der Waals surface area (Å²) in [5.74, 6) is 0.243. The van der Waals surface area contributed by atoms with Gasteiger partial charge in [0, 0.05) is 38.8 Å². The van der Waals surface area contributed by atoms with Gasteiger partial charge in [-0.25, -0.2) is 4.98 Å². The minimum Gasteiger partial charge on any atom is -0.365 e. The number of aromatic nitrogens is 2. The number of amides is 1. The van der Waals surface area contributed by atoms with Crippen molar-refractivity contribution in [2.45, 2.75) is 39.8 Å². The van der Waals surface area contributed by atoms with Gasteiger partial charge >= 0.3 is 0 Å². The minimum atomic E-state index is -0.112. The molecule has 1 amide bonds. The summed E-state index contributed by atoms with van der Waals surface area (Å²) in [4.78, 5) is 26.6. The Labute approximate surface area is 160 Å². The van der Waals surface area contributed by atoms with Gasteiger partial charge in [0.05, 0.1) is 21.7 Å². The summed E-state index contributed by atoms with van der Waals surface area (Å²) < 4.78 is 0. The van der Waals surface area contributed by atoms with E-state index < -0.39 is 0 Å². The van der Waals surface area contributed by atoms with E-state index in [0.29, 0.717) is 16.9 Å². The SMILES string of the molecule is CCN1CCN(c2cc3nc(C(=O)N(C)C(C)C)[nH]c3cc2Cl)C(C)C1. The first-order chi connectivity index (χ1) is 12.3. The molecule has 1 aromatic heterocycles. The molecule has 0 bridgehead atoms. The number of likely N-dealkylation sites (N-methyl/N-ethyl adjacent to an activating group) is 1. The van der Waals surface area contributed by atoms with E-state index in [9.17, 15) is 4.79 Å². The van der Waals surface area contributed by atoms with Crippen LogP contribution in [0, 0.1) is 0 Å². The maximum absolute atomic E-state index is 12.5. The molecule has 0 saturated carbocycles. The van der Waals surface area contributed by atoms with Crippen LogP contribution in [-0.4, -0.2) is 71.0 Å². The van der Waals surface area contributed by atoms with Gasteiger partial charge in [-0.2, -0.15) is 0 Å². The van der Waals surface area contributed by atoms with Gasteiger partial charge in [0.25, 0.3) is 5.91 Å².